The van der Waals surface area contributed by atoms with E-state index in [0.29, 0.717) is 32.3 Å². The van der Waals surface area contributed by atoms with Gasteiger partial charge in [0, 0.05) is 11.5 Å². The first-order chi connectivity index (χ1) is 11.3. The Balaban J connectivity index is 0.000000174. The lowest BCUT2D eigenvalue weighted by Gasteiger charge is -2.18. The molecule has 0 aliphatic carbocycles. The number of hydrogen-bond donors (Lipinski definition) is 0. The molecule has 1 aromatic carbocycles. The minimum Gasteiger partial charge on any atom is -0.348 e. The molecule has 3 rings (SSSR count). The monoisotopic (exact) mass is 318 g/mol. The maximum atomic E-state index is 5.48. The van der Waals surface area contributed by atoms with Crippen LogP contribution in [0.15, 0.2) is 54.6 Å². The summed E-state index contributed by atoms with van der Waals surface area (Å²) in [6, 6.07) is 9.98. The van der Waals surface area contributed by atoms with E-state index in [1.165, 1.54) is 0 Å². The van der Waals surface area contributed by atoms with E-state index < -0.39 is 0 Å². The molecule has 0 saturated heterocycles. The molecule has 0 saturated carbocycles. The Kier molecular flexibility index (Phi) is 8.04. The van der Waals surface area contributed by atoms with Crippen LogP contribution in [-0.2, 0) is 18.9 Å². The minimum absolute atomic E-state index is 0.0185. The van der Waals surface area contributed by atoms with Crippen molar-refractivity contribution in [3.8, 4) is 0 Å². The summed E-state index contributed by atoms with van der Waals surface area (Å²) in [7, 11) is 0. The van der Waals surface area contributed by atoms with Gasteiger partial charge in [0.2, 0.25) is 0 Å². The van der Waals surface area contributed by atoms with Crippen LogP contribution in [0.1, 0.15) is 25.7 Å². The van der Waals surface area contributed by atoms with Gasteiger partial charge in [0.1, 0.15) is 0 Å². The van der Waals surface area contributed by atoms with E-state index in [9.17, 15) is 0 Å². The van der Waals surface area contributed by atoms with Crippen LogP contribution in [0.5, 0.6) is 0 Å². The van der Waals surface area contributed by atoms with Gasteiger partial charge in [-0.2, -0.15) is 0 Å². The van der Waals surface area contributed by atoms with E-state index in [2.05, 4.69) is 13.8 Å². The summed E-state index contributed by atoms with van der Waals surface area (Å²) in [5.41, 5.74) is 1.08. The van der Waals surface area contributed by atoms with Crippen LogP contribution in [0.2, 0.25) is 0 Å². The van der Waals surface area contributed by atoms with Crippen molar-refractivity contribution in [2.24, 2.45) is 5.92 Å². The van der Waals surface area contributed by atoms with Crippen molar-refractivity contribution in [3.63, 3.8) is 0 Å². The zero-order chi connectivity index (χ0) is 16.3. The number of ether oxygens (including phenoxy) is 4. The van der Waals surface area contributed by atoms with Gasteiger partial charge in [0.15, 0.2) is 12.6 Å². The van der Waals surface area contributed by atoms with E-state index in [-0.39, 0.29) is 12.6 Å². The lowest BCUT2D eigenvalue weighted by molar-refractivity contribution is -0.146. The fraction of sp³-hybridized carbons (Fsp3) is 0.474. The van der Waals surface area contributed by atoms with Gasteiger partial charge in [-0.25, -0.2) is 0 Å². The standard InChI is InChI=1S/C11H12O2.C8H14O2/c1-2-6-10(7-3-1)11-12-8-4-5-9-13-11;1-7(2)8-9-5-3-4-6-10-8/h1-7,11H,8-9H2;3-4,7-8H,5-6H2,1-2H3. The number of benzene rings is 1. The van der Waals surface area contributed by atoms with E-state index in [0.717, 1.165) is 5.56 Å². The van der Waals surface area contributed by atoms with Crippen molar-refractivity contribution < 1.29 is 18.9 Å². The van der Waals surface area contributed by atoms with Crippen molar-refractivity contribution in [1.82, 2.24) is 0 Å². The topological polar surface area (TPSA) is 36.9 Å². The molecule has 0 N–H and O–H groups in total. The van der Waals surface area contributed by atoms with Crippen molar-refractivity contribution in [1.29, 1.82) is 0 Å². The first kappa shape index (κ1) is 17.9. The molecule has 0 radical (unpaired) electrons. The van der Waals surface area contributed by atoms with Gasteiger partial charge in [0.05, 0.1) is 26.4 Å². The van der Waals surface area contributed by atoms with Gasteiger partial charge in [-0.05, 0) is 0 Å². The lowest BCUT2D eigenvalue weighted by atomic mass is 10.2. The largest absolute Gasteiger partial charge is 0.348 e. The number of hydrogen-bond acceptors (Lipinski definition) is 4. The molecular weight excluding hydrogens is 292 g/mol. The highest BCUT2D eigenvalue weighted by Gasteiger charge is 2.14. The van der Waals surface area contributed by atoms with E-state index in [1.807, 2.05) is 54.6 Å². The molecule has 0 spiro atoms. The zero-order valence-electron chi connectivity index (χ0n) is 13.9. The smallest absolute Gasteiger partial charge is 0.184 e. The molecule has 1 aromatic rings. The average molecular weight is 318 g/mol. The lowest BCUT2D eigenvalue weighted by Crippen LogP contribution is -2.22. The van der Waals surface area contributed by atoms with Crippen LogP contribution in [-0.4, -0.2) is 32.7 Å². The Morgan fingerprint density at radius 3 is 1.70 bits per heavy atom. The van der Waals surface area contributed by atoms with Crippen LogP contribution in [0.3, 0.4) is 0 Å². The predicted octanol–water partition coefficient (Wildman–Crippen LogP) is 3.86. The molecule has 0 unspecified atom stereocenters. The third kappa shape index (κ3) is 6.67. The average Bonchev–Trinajstić information content (AvgIpc) is 3.01. The highest BCUT2D eigenvalue weighted by atomic mass is 16.7. The van der Waals surface area contributed by atoms with Crippen molar-refractivity contribution >= 4 is 0 Å². The summed E-state index contributed by atoms with van der Waals surface area (Å²) >= 11 is 0. The normalized spacial score (nSPS) is 19.8. The molecule has 23 heavy (non-hydrogen) atoms. The maximum absolute atomic E-state index is 5.48. The highest BCUT2D eigenvalue weighted by Crippen LogP contribution is 2.19. The summed E-state index contributed by atoms with van der Waals surface area (Å²) in [4.78, 5) is 0. The molecule has 126 valence electrons. The van der Waals surface area contributed by atoms with Gasteiger partial charge >= 0.3 is 0 Å². The van der Waals surface area contributed by atoms with Gasteiger partial charge in [0.25, 0.3) is 0 Å². The van der Waals surface area contributed by atoms with Gasteiger partial charge in [-0.15, -0.1) is 0 Å². The molecule has 2 aliphatic heterocycles. The molecule has 0 atom stereocenters. The summed E-state index contributed by atoms with van der Waals surface area (Å²) in [5.74, 6) is 0.444. The van der Waals surface area contributed by atoms with Crippen LogP contribution < -0.4 is 0 Å². The van der Waals surface area contributed by atoms with Gasteiger partial charge in [-0.3, -0.25) is 0 Å². The summed E-state index contributed by atoms with van der Waals surface area (Å²) in [6.07, 6.45) is 7.70. The molecule has 0 aromatic heterocycles. The SMILES string of the molecule is C1=CCOC(c2ccccc2)OC1.CC(C)C1OCC=CCO1. The number of rotatable bonds is 2. The summed E-state index contributed by atoms with van der Waals surface area (Å²) in [6.45, 7) is 6.80. The fourth-order valence-electron chi connectivity index (χ4n) is 2.14. The second-order valence-corrected chi connectivity index (χ2v) is 5.63. The Morgan fingerprint density at radius 1 is 0.739 bits per heavy atom. The third-order valence-corrected chi connectivity index (χ3v) is 3.35. The maximum Gasteiger partial charge on any atom is 0.184 e. The molecule has 0 fully saturated rings. The van der Waals surface area contributed by atoms with Crippen molar-refractivity contribution in [2.45, 2.75) is 26.4 Å². The quantitative estimate of drug-likeness (QED) is 0.776. The molecule has 2 heterocycles. The third-order valence-electron chi connectivity index (χ3n) is 3.35. The molecule has 0 amide bonds. The van der Waals surface area contributed by atoms with Crippen molar-refractivity contribution in [3.05, 3.63) is 60.2 Å². The molecule has 2 aliphatic rings. The first-order valence-electron chi connectivity index (χ1n) is 8.08. The second-order valence-electron chi connectivity index (χ2n) is 5.63. The van der Waals surface area contributed by atoms with E-state index in [1.54, 1.807) is 0 Å². The van der Waals surface area contributed by atoms with Crippen LogP contribution in [0, 0.1) is 5.92 Å². The molecular formula is C19H26O4. The first-order valence-corrected chi connectivity index (χ1v) is 8.08. The zero-order valence-corrected chi connectivity index (χ0v) is 13.9. The van der Waals surface area contributed by atoms with Crippen LogP contribution in [0.25, 0.3) is 0 Å². The Hall–Kier alpha value is -1.46. The fourth-order valence-corrected chi connectivity index (χ4v) is 2.14. The van der Waals surface area contributed by atoms with Crippen LogP contribution in [0.4, 0.5) is 0 Å². The van der Waals surface area contributed by atoms with E-state index >= 15 is 0 Å². The Morgan fingerprint density at radius 2 is 1.22 bits per heavy atom. The van der Waals surface area contributed by atoms with Gasteiger partial charge in [-0.1, -0.05) is 68.5 Å². The molecule has 4 heteroatoms. The summed E-state index contributed by atoms with van der Waals surface area (Å²) < 4.78 is 21.7. The minimum atomic E-state index is -0.212. The molecule has 4 nitrogen and oxygen atoms in total. The van der Waals surface area contributed by atoms with Crippen LogP contribution >= 0.6 is 0 Å². The molecule has 0 bridgehead atoms. The van der Waals surface area contributed by atoms with E-state index in [4.69, 9.17) is 18.9 Å². The predicted molar refractivity (Wildman–Crippen MR) is 89.9 cm³/mol. The Bertz CT molecular complexity index is 461. The van der Waals surface area contributed by atoms with Crippen molar-refractivity contribution in [2.75, 3.05) is 26.4 Å². The highest BCUT2D eigenvalue weighted by molar-refractivity contribution is 5.16. The second kappa shape index (κ2) is 10.3. The Labute approximate surface area is 138 Å². The van der Waals surface area contributed by atoms with Gasteiger partial charge < -0.3 is 18.9 Å². The summed E-state index contributed by atoms with van der Waals surface area (Å²) in [5, 5.41) is 0.